The van der Waals surface area contributed by atoms with Crippen molar-refractivity contribution in [3.63, 3.8) is 0 Å². The molecule has 0 spiro atoms. The van der Waals surface area contributed by atoms with Crippen LogP contribution in [0.25, 0.3) is 0 Å². The lowest BCUT2D eigenvalue weighted by Gasteiger charge is -2.32. The summed E-state index contributed by atoms with van der Waals surface area (Å²) in [6.45, 7) is 9.27. The van der Waals surface area contributed by atoms with E-state index in [9.17, 15) is 4.79 Å². The average Bonchev–Trinajstić information content (AvgIpc) is 2.50. The lowest BCUT2D eigenvalue weighted by Crippen LogP contribution is -2.41. The molecular weight excluding hydrogens is 278 g/mol. The number of pyridine rings is 1. The summed E-state index contributed by atoms with van der Waals surface area (Å²) in [5.41, 5.74) is 0.167. The lowest BCUT2D eigenvalue weighted by atomic mass is 9.79. The standard InChI is InChI=1S/C13H18BClN2O3/c1-8(18)17-11-9(6-16-7-10(11)15)14-19-12(2,3)13(4,5)20-14/h6-7H,1-5H3,(H,16,17,18). The summed E-state index contributed by atoms with van der Waals surface area (Å²) in [5.74, 6) is -0.212. The maximum atomic E-state index is 11.3. The molecule has 5 nitrogen and oxygen atoms in total. The number of carbonyl (C=O) groups excluding carboxylic acids is 1. The van der Waals surface area contributed by atoms with Crippen LogP contribution in [-0.4, -0.2) is 29.2 Å². The normalized spacial score (nSPS) is 20.0. The third-order valence-corrected chi connectivity index (χ3v) is 4.02. The molecule has 1 aromatic rings. The molecule has 1 aromatic heterocycles. The number of amides is 1. The minimum absolute atomic E-state index is 0.212. The second-order valence-corrected chi connectivity index (χ2v) is 6.26. The Morgan fingerprint density at radius 3 is 2.30 bits per heavy atom. The summed E-state index contributed by atoms with van der Waals surface area (Å²) in [6.07, 6.45) is 3.07. The van der Waals surface area contributed by atoms with Gasteiger partial charge in [-0.15, -0.1) is 0 Å². The first kappa shape index (κ1) is 15.3. The largest absolute Gasteiger partial charge is 0.498 e. The number of hydrogen-bond donors (Lipinski definition) is 1. The molecule has 1 aliphatic heterocycles. The molecule has 7 heteroatoms. The summed E-state index contributed by atoms with van der Waals surface area (Å²) < 4.78 is 11.9. The molecule has 108 valence electrons. The van der Waals surface area contributed by atoms with Gasteiger partial charge in [0.05, 0.1) is 21.9 Å². The van der Waals surface area contributed by atoms with Crippen LogP contribution in [0, 0.1) is 0 Å². The lowest BCUT2D eigenvalue weighted by molar-refractivity contribution is -0.114. The van der Waals surface area contributed by atoms with Crippen molar-refractivity contribution in [2.24, 2.45) is 0 Å². The highest BCUT2D eigenvalue weighted by Crippen LogP contribution is 2.37. The molecule has 0 radical (unpaired) electrons. The summed E-state index contributed by atoms with van der Waals surface area (Å²) >= 11 is 6.11. The summed E-state index contributed by atoms with van der Waals surface area (Å²) in [4.78, 5) is 15.4. The number of aromatic nitrogens is 1. The molecule has 0 bridgehead atoms. The van der Waals surface area contributed by atoms with E-state index in [-0.39, 0.29) is 5.91 Å². The zero-order chi connectivity index (χ0) is 15.1. The molecule has 0 atom stereocenters. The van der Waals surface area contributed by atoms with E-state index < -0.39 is 18.3 Å². The zero-order valence-corrected chi connectivity index (χ0v) is 13.0. The van der Waals surface area contributed by atoms with E-state index in [0.717, 1.165) is 0 Å². The van der Waals surface area contributed by atoms with Crippen LogP contribution in [-0.2, 0) is 14.1 Å². The second-order valence-electron chi connectivity index (χ2n) is 5.85. The van der Waals surface area contributed by atoms with Gasteiger partial charge in [0.15, 0.2) is 0 Å². The van der Waals surface area contributed by atoms with Gasteiger partial charge in [-0.2, -0.15) is 0 Å². The van der Waals surface area contributed by atoms with Crippen molar-refractivity contribution in [1.29, 1.82) is 0 Å². The Morgan fingerprint density at radius 2 is 1.80 bits per heavy atom. The molecule has 1 fully saturated rings. The smallest absolute Gasteiger partial charge is 0.399 e. The Hall–Kier alpha value is -1.11. The van der Waals surface area contributed by atoms with Crippen LogP contribution in [0.4, 0.5) is 5.69 Å². The van der Waals surface area contributed by atoms with Crippen molar-refractivity contribution in [3.05, 3.63) is 17.4 Å². The van der Waals surface area contributed by atoms with Gasteiger partial charge in [-0.05, 0) is 27.7 Å². The van der Waals surface area contributed by atoms with Crippen molar-refractivity contribution in [3.8, 4) is 0 Å². The number of nitrogens with zero attached hydrogens (tertiary/aromatic N) is 1. The average molecular weight is 297 g/mol. The summed E-state index contributed by atoms with van der Waals surface area (Å²) in [6, 6.07) is 0. The zero-order valence-electron chi connectivity index (χ0n) is 12.3. The third kappa shape index (κ3) is 2.68. The van der Waals surface area contributed by atoms with Gasteiger partial charge in [-0.3, -0.25) is 9.78 Å². The first-order valence-electron chi connectivity index (χ1n) is 6.41. The molecule has 2 rings (SSSR count). The van der Waals surface area contributed by atoms with Crippen molar-refractivity contribution >= 4 is 35.8 Å². The molecule has 2 heterocycles. The molecular formula is C13H18BClN2O3. The number of hydrogen-bond acceptors (Lipinski definition) is 4. The molecule has 0 aromatic carbocycles. The van der Waals surface area contributed by atoms with Crippen molar-refractivity contribution in [2.45, 2.75) is 45.8 Å². The quantitative estimate of drug-likeness (QED) is 0.848. The molecule has 1 aliphatic rings. The number of halogens is 1. The Bertz CT molecular complexity index is 532. The van der Waals surface area contributed by atoms with Crippen LogP contribution in [0.3, 0.4) is 0 Å². The van der Waals surface area contributed by atoms with E-state index in [1.165, 1.54) is 13.1 Å². The summed E-state index contributed by atoms with van der Waals surface area (Å²) in [7, 11) is -0.618. The summed E-state index contributed by atoms with van der Waals surface area (Å²) in [5, 5.41) is 3.06. The molecule has 1 N–H and O–H groups in total. The Kier molecular flexibility index (Phi) is 3.84. The van der Waals surface area contributed by atoms with E-state index in [1.807, 2.05) is 27.7 Å². The predicted molar refractivity (Wildman–Crippen MR) is 79.3 cm³/mol. The molecule has 0 unspecified atom stereocenters. The van der Waals surface area contributed by atoms with Gasteiger partial charge in [-0.1, -0.05) is 11.6 Å². The van der Waals surface area contributed by atoms with E-state index >= 15 is 0 Å². The van der Waals surface area contributed by atoms with Crippen LogP contribution in [0.15, 0.2) is 12.4 Å². The first-order chi connectivity index (χ1) is 9.14. The molecule has 0 saturated carbocycles. The SMILES string of the molecule is CC(=O)Nc1c(Cl)cncc1B1OC(C)(C)C(C)(C)O1. The molecule has 20 heavy (non-hydrogen) atoms. The van der Waals surface area contributed by atoms with Gasteiger partial charge >= 0.3 is 7.12 Å². The molecule has 0 aliphatic carbocycles. The third-order valence-electron chi connectivity index (χ3n) is 3.74. The van der Waals surface area contributed by atoms with E-state index in [0.29, 0.717) is 16.2 Å². The second kappa shape index (κ2) is 5.02. The topological polar surface area (TPSA) is 60.5 Å². The highest BCUT2D eigenvalue weighted by molar-refractivity contribution is 6.64. The maximum Gasteiger partial charge on any atom is 0.498 e. The fourth-order valence-electron chi connectivity index (χ4n) is 1.91. The maximum absolute atomic E-state index is 11.3. The van der Waals surface area contributed by atoms with Crippen LogP contribution in [0.2, 0.25) is 5.02 Å². The van der Waals surface area contributed by atoms with Gasteiger partial charge in [0.1, 0.15) is 0 Å². The van der Waals surface area contributed by atoms with Crippen molar-refractivity contribution in [2.75, 3.05) is 5.32 Å². The van der Waals surface area contributed by atoms with Gasteiger partial charge in [0.2, 0.25) is 5.91 Å². The number of nitrogens with one attached hydrogen (secondary N) is 1. The van der Waals surface area contributed by atoms with Crippen LogP contribution in [0.1, 0.15) is 34.6 Å². The van der Waals surface area contributed by atoms with Gasteiger partial charge in [0.25, 0.3) is 0 Å². The fourth-order valence-corrected chi connectivity index (χ4v) is 2.12. The van der Waals surface area contributed by atoms with E-state index in [4.69, 9.17) is 20.9 Å². The van der Waals surface area contributed by atoms with E-state index in [2.05, 4.69) is 10.3 Å². The first-order valence-corrected chi connectivity index (χ1v) is 6.78. The molecule has 1 amide bonds. The predicted octanol–water partition coefficient (Wildman–Crippen LogP) is 1.99. The van der Waals surface area contributed by atoms with Crippen LogP contribution < -0.4 is 10.8 Å². The van der Waals surface area contributed by atoms with Crippen molar-refractivity contribution in [1.82, 2.24) is 4.98 Å². The van der Waals surface area contributed by atoms with Gasteiger partial charge in [-0.25, -0.2) is 0 Å². The Balaban J connectivity index is 2.40. The number of carbonyl (C=O) groups is 1. The van der Waals surface area contributed by atoms with Crippen LogP contribution >= 0.6 is 11.6 Å². The monoisotopic (exact) mass is 296 g/mol. The molecule has 1 saturated heterocycles. The van der Waals surface area contributed by atoms with Crippen LogP contribution in [0.5, 0.6) is 0 Å². The number of anilines is 1. The minimum atomic E-state index is -0.618. The highest BCUT2D eigenvalue weighted by Gasteiger charge is 2.52. The highest BCUT2D eigenvalue weighted by atomic mass is 35.5. The number of rotatable bonds is 2. The minimum Gasteiger partial charge on any atom is -0.399 e. The Labute approximate surface area is 124 Å². The van der Waals surface area contributed by atoms with Gasteiger partial charge in [0, 0.05) is 24.8 Å². The van der Waals surface area contributed by atoms with E-state index in [1.54, 1.807) is 6.20 Å². The Morgan fingerprint density at radius 1 is 1.25 bits per heavy atom. The van der Waals surface area contributed by atoms with Crippen molar-refractivity contribution < 1.29 is 14.1 Å². The van der Waals surface area contributed by atoms with Gasteiger partial charge < -0.3 is 14.6 Å². The fraction of sp³-hybridized carbons (Fsp3) is 0.538.